The van der Waals surface area contributed by atoms with E-state index in [1.54, 1.807) is 0 Å². The lowest BCUT2D eigenvalue weighted by Crippen LogP contribution is -2.18. The van der Waals surface area contributed by atoms with E-state index in [1.165, 1.54) is 18.8 Å². The van der Waals surface area contributed by atoms with Crippen LogP contribution in [0.2, 0.25) is 0 Å². The summed E-state index contributed by atoms with van der Waals surface area (Å²) in [6, 6.07) is 9.36. The Labute approximate surface area is 210 Å². The third kappa shape index (κ3) is 7.69. The van der Waals surface area contributed by atoms with E-state index >= 15 is 0 Å². The molecule has 1 aliphatic rings. The van der Waals surface area contributed by atoms with Gasteiger partial charge in [-0.3, -0.25) is 0 Å². The van der Waals surface area contributed by atoms with Crippen molar-refractivity contribution in [3.63, 3.8) is 0 Å². The van der Waals surface area contributed by atoms with Crippen LogP contribution in [0.25, 0.3) is 0 Å². The molecular weight excluding hydrogens is 474 g/mol. The molecule has 0 radical (unpaired) electrons. The monoisotopic (exact) mass is 507 g/mol. The van der Waals surface area contributed by atoms with Gasteiger partial charge < -0.3 is 42.5 Å². The quantitative estimate of drug-likeness (QED) is 0.569. The topological polar surface area (TPSA) is 113 Å². The summed E-state index contributed by atoms with van der Waals surface area (Å²) in [5.74, 6) is -1.23. The van der Waals surface area contributed by atoms with Gasteiger partial charge in [0.2, 0.25) is 0 Å². The Hall–Kier alpha value is -3.12. The minimum atomic E-state index is -0.689. The Morgan fingerprint density at radius 1 is 0.667 bits per heavy atom. The molecule has 1 aromatic heterocycles. The molecule has 0 saturated carbocycles. The number of methoxy groups -OCH3 is 2. The molecule has 0 atom stereocenters. The number of benzene rings is 1. The van der Waals surface area contributed by atoms with Gasteiger partial charge in [-0.05, 0) is 5.56 Å². The Bertz CT molecular complexity index is 904. The van der Waals surface area contributed by atoms with Gasteiger partial charge in [0.15, 0.2) is 22.9 Å². The zero-order valence-electron chi connectivity index (χ0n) is 20.7. The van der Waals surface area contributed by atoms with E-state index in [2.05, 4.69) is 0 Å². The molecule has 0 aliphatic carbocycles. The highest BCUT2D eigenvalue weighted by atomic mass is 16.6. The van der Waals surface area contributed by atoms with Crippen molar-refractivity contribution in [1.82, 2.24) is 4.57 Å². The van der Waals surface area contributed by atoms with E-state index in [1.807, 2.05) is 30.3 Å². The molecule has 11 nitrogen and oxygen atoms in total. The number of fused-ring (bicyclic) bond motifs is 1. The number of aromatic nitrogens is 1. The molecule has 198 valence electrons. The van der Waals surface area contributed by atoms with Gasteiger partial charge in [-0.25, -0.2) is 9.59 Å². The lowest BCUT2D eigenvalue weighted by molar-refractivity contribution is -0.00848. The van der Waals surface area contributed by atoms with Gasteiger partial charge in [-0.15, -0.1) is 0 Å². The molecule has 0 spiro atoms. The molecule has 0 amide bonds. The second kappa shape index (κ2) is 15.1. The molecule has 11 heteroatoms. The van der Waals surface area contributed by atoms with Gasteiger partial charge in [-0.2, -0.15) is 0 Å². The summed E-state index contributed by atoms with van der Waals surface area (Å²) in [5.41, 5.74) is 0.908. The van der Waals surface area contributed by atoms with Crippen LogP contribution in [-0.2, 0) is 35.0 Å². The number of hydrogen-bond donors (Lipinski definition) is 0. The van der Waals surface area contributed by atoms with Gasteiger partial charge in [0.25, 0.3) is 0 Å². The highest BCUT2D eigenvalue weighted by molar-refractivity contribution is 5.99. The van der Waals surface area contributed by atoms with E-state index < -0.39 is 11.9 Å². The number of carbonyl (C=O) groups excluding carboxylic acids is 2. The summed E-state index contributed by atoms with van der Waals surface area (Å²) in [6.07, 6.45) is 0. The van der Waals surface area contributed by atoms with Crippen LogP contribution < -0.4 is 9.47 Å². The fourth-order valence-corrected chi connectivity index (χ4v) is 3.53. The van der Waals surface area contributed by atoms with Gasteiger partial charge in [0.1, 0.15) is 13.2 Å². The van der Waals surface area contributed by atoms with Crippen LogP contribution in [0.3, 0.4) is 0 Å². The number of esters is 2. The lowest BCUT2D eigenvalue weighted by Gasteiger charge is -2.13. The van der Waals surface area contributed by atoms with Crippen LogP contribution in [0.1, 0.15) is 26.5 Å². The molecule has 3 rings (SSSR count). The number of hydrogen-bond acceptors (Lipinski definition) is 10. The SMILES string of the molecule is COC(=O)c1c2c(c(C(=O)OC)n1Cc1ccccc1)OCCOCCOCCOCCOCCO2. The zero-order chi connectivity index (χ0) is 25.6. The van der Waals surface area contributed by atoms with Crippen LogP contribution in [0, 0.1) is 0 Å². The van der Waals surface area contributed by atoms with E-state index in [9.17, 15) is 9.59 Å². The van der Waals surface area contributed by atoms with Crippen LogP contribution in [0.5, 0.6) is 11.5 Å². The molecule has 0 N–H and O–H groups in total. The first-order valence-electron chi connectivity index (χ1n) is 11.7. The molecule has 0 unspecified atom stereocenters. The summed E-state index contributed by atoms with van der Waals surface area (Å²) in [5, 5.41) is 0. The van der Waals surface area contributed by atoms with Crippen LogP contribution in [-0.4, -0.2) is 96.8 Å². The van der Waals surface area contributed by atoms with E-state index in [4.69, 9.17) is 37.9 Å². The van der Waals surface area contributed by atoms with Crippen LogP contribution in [0.4, 0.5) is 0 Å². The largest absolute Gasteiger partial charge is 0.485 e. The molecule has 1 aromatic carbocycles. The fourth-order valence-electron chi connectivity index (χ4n) is 3.53. The summed E-state index contributed by atoms with van der Waals surface area (Å²) < 4.78 is 45.5. The maximum Gasteiger partial charge on any atom is 0.358 e. The van der Waals surface area contributed by atoms with Crippen molar-refractivity contribution in [3.8, 4) is 11.5 Å². The van der Waals surface area contributed by atoms with Crippen molar-refractivity contribution in [2.75, 3.05) is 80.3 Å². The fraction of sp³-hybridized carbons (Fsp3) is 0.520. The molecule has 0 bridgehead atoms. The van der Waals surface area contributed by atoms with Crippen molar-refractivity contribution < 1.29 is 47.5 Å². The van der Waals surface area contributed by atoms with Crippen molar-refractivity contribution in [2.45, 2.75) is 6.54 Å². The Morgan fingerprint density at radius 3 is 1.44 bits per heavy atom. The molecule has 2 aromatic rings. The number of rotatable bonds is 4. The highest BCUT2D eigenvalue weighted by Crippen LogP contribution is 2.40. The van der Waals surface area contributed by atoms with Crippen molar-refractivity contribution in [3.05, 3.63) is 47.3 Å². The lowest BCUT2D eigenvalue weighted by atomic mass is 10.2. The Kier molecular flexibility index (Phi) is 11.5. The third-order valence-electron chi connectivity index (χ3n) is 5.18. The summed E-state index contributed by atoms with van der Waals surface area (Å²) in [4.78, 5) is 25.9. The second-order valence-electron chi connectivity index (χ2n) is 7.56. The molecular formula is C25H33NO10. The Balaban J connectivity index is 1.98. The third-order valence-corrected chi connectivity index (χ3v) is 5.18. The standard InChI is InChI=1S/C25H33NO10/c1-29-24(27)20-22-23(21(25(28)30-2)26(20)18-19-6-4-3-5-7-19)36-17-15-34-13-11-32-9-8-31-10-12-33-14-16-35-22/h3-7H,8-18H2,1-2H3. The zero-order valence-corrected chi connectivity index (χ0v) is 20.7. The minimum Gasteiger partial charge on any atom is -0.485 e. The van der Waals surface area contributed by atoms with Gasteiger partial charge in [-0.1, -0.05) is 30.3 Å². The van der Waals surface area contributed by atoms with Gasteiger partial charge >= 0.3 is 11.9 Å². The summed E-state index contributed by atoms with van der Waals surface area (Å²) in [7, 11) is 2.51. The molecule has 1 aliphatic heterocycles. The van der Waals surface area contributed by atoms with E-state index in [0.29, 0.717) is 39.6 Å². The maximum atomic E-state index is 12.9. The molecule has 0 fully saturated rings. The normalized spacial score (nSPS) is 16.4. The predicted molar refractivity (Wildman–Crippen MR) is 127 cm³/mol. The number of carbonyl (C=O) groups is 2. The predicted octanol–water partition coefficient (Wildman–Crippen LogP) is 1.95. The highest BCUT2D eigenvalue weighted by Gasteiger charge is 2.34. The first-order valence-corrected chi connectivity index (χ1v) is 11.7. The minimum absolute atomic E-state index is 0.0313. The first kappa shape index (κ1) is 27.5. The van der Waals surface area contributed by atoms with Crippen molar-refractivity contribution in [2.24, 2.45) is 0 Å². The number of ether oxygens (including phenoxy) is 8. The van der Waals surface area contributed by atoms with Crippen molar-refractivity contribution >= 4 is 11.9 Å². The van der Waals surface area contributed by atoms with Crippen LogP contribution in [0.15, 0.2) is 30.3 Å². The first-order chi connectivity index (χ1) is 17.7. The molecule has 2 heterocycles. The van der Waals surface area contributed by atoms with Gasteiger partial charge in [0, 0.05) is 6.54 Å². The van der Waals surface area contributed by atoms with Crippen molar-refractivity contribution in [1.29, 1.82) is 0 Å². The summed E-state index contributed by atoms with van der Waals surface area (Å²) in [6.45, 7) is 3.26. The Morgan fingerprint density at radius 2 is 1.06 bits per heavy atom. The summed E-state index contributed by atoms with van der Waals surface area (Å²) >= 11 is 0. The second-order valence-corrected chi connectivity index (χ2v) is 7.56. The smallest absolute Gasteiger partial charge is 0.358 e. The van der Waals surface area contributed by atoms with Gasteiger partial charge in [0.05, 0.1) is 67.1 Å². The molecule has 36 heavy (non-hydrogen) atoms. The molecule has 0 saturated heterocycles. The average molecular weight is 508 g/mol. The van der Waals surface area contributed by atoms with E-state index in [0.717, 1.165) is 5.56 Å². The van der Waals surface area contributed by atoms with E-state index in [-0.39, 0.29) is 55.9 Å². The number of nitrogens with zero attached hydrogens (tertiary/aromatic N) is 1. The average Bonchev–Trinajstić information content (AvgIpc) is 3.20. The van der Waals surface area contributed by atoms with Crippen LogP contribution >= 0.6 is 0 Å². The maximum absolute atomic E-state index is 12.9.